The molecule has 1 aromatic carbocycles. The minimum absolute atomic E-state index is 0.284. The van der Waals surface area contributed by atoms with Crippen molar-refractivity contribution in [2.45, 2.75) is 0 Å². The number of hydrogen-bond acceptors (Lipinski definition) is 2. The van der Waals surface area contributed by atoms with E-state index < -0.39 is 5.95 Å². The van der Waals surface area contributed by atoms with E-state index in [-0.39, 0.29) is 5.88 Å². The maximum Gasteiger partial charge on any atom is 0.224 e. The van der Waals surface area contributed by atoms with Crippen molar-refractivity contribution in [3.63, 3.8) is 0 Å². The first-order chi connectivity index (χ1) is 7.31. The highest BCUT2D eigenvalue weighted by Crippen LogP contribution is 2.22. The predicted molar refractivity (Wildman–Crippen MR) is 56.2 cm³/mol. The van der Waals surface area contributed by atoms with Gasteiger partial charge in [-0.05, 0) is 11.6 Å². The molecular weight excluding hydrogens is 193 g/mol. The quantitative estimate of drug-likeness (QED) is 0.700. The van der Waals surface area contributed by atoms with E-state index in [0.29, 0.717) is 5.56 Å². The number of hydrogen-bond donors (Lipinski definition) is 0. The average molecular weight is 203 g/mol. The Labute approximate surface area is 87.4 Å². The molecule has 0 fully saturated rings. The van der Waals surface area contributed by atoms with Gasteiger partial charge in [0, 0.05) is 11.6 Å². The van der Waals surface area contributed by atoms with Gasteiger partial charge < -0.3 is 4.74 Å². The Bertz CT molecular complexity index is 456. The Morgan fingerprint density at radius 2 is 1.80 bits per heavy atom. The fourth-order valence-corrected chi connectivity index (χ4v) is 1.36. The van der Waals surface area contributed by atoms with Gasteiger partial charge in [-0.3, -0.25) is 0 Å². The molecule has 0 unspecified atom stereocenters. The normalized spacial score (nSPS) is 10.0. The van der Waals surface area contributed by atoms with Crippen molar-refractivity contribution in [1.29, 1.82) is 0 Å². The second-order valence-electron chi connectivity index (χ2n) is 3.06. The van der Waals surface area contributed by atoms with Crippen LogP contribution < -0.4 is 4.74 Å². The molecular formula is C12H10FNO. The van der Waals surface area contributed by atoms with E-state index in [1.165, 1.54) is 7.11 Å². The van der Waals surface area contributed by atoms with Crippen LogP contribution in [0.5, 0.6) is 5.88 Å². The van der Waals surface area contributed by atoms with E-state index in [0.717, 1.165) is 5.56 Å². The third-order valence-corrected chi connectivity index (χ3v) is 2.12. The first kappa shape index (κ1) is 9.65. The van der Waals surface area contributed by atoms with Crippen molar-refractivity contribution in [2.24, 2.45) is 0 Å². The van der Waals surface area contributed by atoms with Crippen LogP contribution in [0.25, 0.3) is 11.1 Å². The summed E-state index contributed by atoms with van der Waals surface area (Å²) in [5, 5.41) is 0. The lowest BCUT2D eigenvalue weighted by Crippen LogP contribution is -1.93. The maximum absolute atomic E-state index is 13.5. The lowest BCUT2D eigenvalue weighted by atomic mass is 10.1. The van der Waals surface area contributed by atoms with Crippen molar-refractivity contribution in [3.05, 3.63) is 48.4 Å². The summed E-state index contributed by atoms with van der Waals surface area (Å²) in [6.45, 7) is 0. The van der Waals surface area contributed by atoms with E-state index in [9.17, 15) is 4.39 Å². The number of aromatic nitrogens is 1. The van der Waals surface area contributed by atoms with Crippen LogP contribution in [0.15, 0.2) is 42.5 Å². The van der Waals surface area contributed by atoms with E-state index in [1.807, 2.05) is 30.3 Å². The molecule has 0 atom stereocenters. The van der Waals surface area contributed by atoms with E-state index in [2.05, 4.69) is 4.98 Å². The molecule has 0 saturated heterocycles. The highest BCUT2D eigenvalue weighted by Gasteiger charge is 2.06. The van der Waals surface area contributed by atoms with Gasteiger partial charge in [-0.1, -0.05) is 30.3 Å². The van der Waals surface area contributed by atoms with Crippen molar-refractivity contribution in [2.75, 3.05) is 7.11 Å². The summed E-state index contributed by atoms with van der Waals surface area (Å²) in [5.41, 5.74) is 1.29. The van der Waals surface area contributed by atoms with Gasteiger partial charge in [-0.2, -0.15) is 9.37 Å². The van der Waals surface area contributed by atoms with Gasteiger partial charge in [-0.25, -0.2) is 0 Å². The highest BCUT2D eigenvalue weighted by atomic mass is 19.1. The van der Waals surface area contributed by atoms with Crippen LogP contribution in [0.4, 0.5) is 4.39 Å². The molecule has 0 N–H and O–H groups in total. The molecule has 15 heavy (non-hydrogen) atoms. The summed E-state index contributed by atoms with van der Waals surface area (Å²) in [5.74, 6) is -0.229. The van der Waals surface area contributed by atoms with Gasteiger partial charge in [0.2, 0.25) is 11.8 Å². The molecule has 0 saturated carbocycles. The summed E-state index contributed by atoms with van der Waals surface area (Å²) in [7, 11) is 1.46. The van der Waals surface area contributed by atoms with Gasteiger partial charge in [-0.15, -0.1) is 0 Å². The van der Waals surface area contributed by atoms with Crippen LogP contribution in [-0.2, 0) is 0 Å². The van der Waals surface area contributed by atoms with Crippen molar-refractivity contribution in [1.82, 2.24) is 4.98 Å². The third kappa shape index (κ3) is 1.96. The summed E-state index contributed by atoms with van der Waals surface area (Å²) >= 11 is 0. The van der Waals surface area contributed by atoms with Gasteiger partial charge >= 0.3 is 0 Å². The molecule has 2 rings (SSSR count). The first-order valence-electron chi connectivity index (χ1n) is 4.57. The molecule has 0 spiro atoms. The monoisotopic (exact) mass is 203 g/mol. The minimum Gasteiger partial charge on any atom is -0.481 e. The van der Waals surface area contributed by atoms with Crippen LogP contribution in [-0.4, -0.2) is 12.1 Å². The smallest absolute Gasteiger partial charge is 0.224 e. The number of halogens is 1. The maximum atomic E-state index is 13.5. The van der Waals surface area contributed by atoms with Gasteiger partial charge in [0.15, 0.2) is 0 Å². The van der Waals surface area contributed by atoms with Crippen LogP contribution in [0.1, 0.15) is 0 Å². The van der Waals surface area contributed by atoms with Crippen LogP contribution >= 0.6 is 0 Å². The van der Waals surface area contributed by atoms with E-state index >= 15 is 0 Å². The molecule has 3 heteroatoms. The number of nitrogens with zero attached hydrogens (tertiary/aromatic N) is 1. The lowest BCUT2D eigenvalue weighted by Gasteiger charge is -2.04. The van der Waals surface area contributed by atoms with Crippen LogP contribution in [0, 0.1) is 5.95 Å². The van der Waals surface area contributed by atoms with Gasteiger partial charge in [0.1, 0.15) is 0 Å². The number of methoxy groups -OCH3 is 1. The fraction of sp³-hybridized carbons (Fsp3) is 0.0833. The molecule has 0 aliphatic heterocycles. The molecule has 0 aliphatic carbocycles. The fourth-order valence-electron chi connectivity index (χ4n) is 1.36. The topological polar surface area (TPSA) is 22.1 Å². The zero-order chi connectivity index (χ0) is 10.7. The largest absolute Gasteiger partial charge is 0.481 e. The Hall–Kier alpha value is -1.90. The first-order valence-corrected chi connectivity index (χ1v) is 4.57. The Morgan fingerprint density at radius 3 is 2.40 bits per heavy atom. The molecule has 1 aromatic heterocycles. The van der Waals surface area contributed by atoms with Crippen LogP contribution in [0.2, 0.25) is 0 Å². The van der Waals surface area contributed by atoms with E-state index in [4.69, 9.17) is 4.74 Å². The third-order valence-electron chi connectivity index (χ3n) is 2.12. The number of ether oxygens (including phenoxy) is 1. The zero-order valence-corrected chi connectivity index (χ0v) is 8.27. The molecule has 1 heterocycles. The Morgan fingerprint density at radius 1 is 1.07 bits per heavy atom. The van der Waals surface area contributed by atoms with E-state index in [1.54, 1.807) is 12.1 Å². The zero-order valence-electron chi connectivity index (χ0n) is 8.27. The SMILES string of the molecule is COc1ccc(-c2ccccc2)c(F)n1. The van der Waals surface area contributed by atoms with Crippen molar-refractivity contribution in [3.8, 4) is 17.0 Å². The summed E-state index contributed by atoms with van der Waals surface area (Å²) < 4.78 is 18.4. The second kappa shape index (κ2) is 4.09. The molecule has 2 nitrogen and oxygen atoms in total. The molecule has 76 valence electrons. The Balaban J connectivity index is 2.46. The molecule has 0 aliphatic rings. The summed E-state index contributed by atoms with van der Waals surface area (Å²) in [6.07, 6.45) is 0. The summed E-state index contributed by atoms with van der Waals surface area (Å²) in [4.78, 5) is 3.68. The molecule has 0 amide bonds. The molecule has 2 aromatic rings. The van der Waals surface area contributed by atoms with Crippen LogP contribution in [0.3, 0.4) is 0 Å². The molecule has 0 bridgehead atoms. The number of benzene rings is 1. The van der Waals surface area contributed by atoms with Crippen molar-refractivity contribution >= 4 is 0 Å². The van der Waals surface area contributed by atoms with Gasteiger partial charge in [0.25, 0.3) is 0 Å². The second-order valence-corrected chi connectivity index (χ2v) is 3.06. The van der Waals surface area contributed by atoms with Gasteiger partial charge in [0.05, 0.1) is 7.11 Å². The number of rotatable bonds is 2. The Kier molecular flexibility index (Phi) is 2.63. The van der Waals surface area contributed by atoms with Crippen molar-refractivity contribution < 1.29 is 9.13 Å². The molecule has 0 radical (unpaired) electrons. The minimum atomic E-state index is -0.513. The lowest BCUT2D eigenvalue weighted by molar-refractivity contribution is 0.388. The predicted octanol–water partition coefficient (Wildman–Crippen LogP) is 2.90. The highest BCUT2D eigenvalue weighted by molar-refractivity contribution is 5.63. The number of pyridine rings is 1. The standard InChI is InChI=1S/C12H10FNO/c1-15-11-8-7-10(12(13)14-11)9-5-3-2-4-6-9/h2-8H,1H3. The average Bonchev–Trinajstić information content (AvgIpc) is 2.30. The summed E-state index contributed by atoms with van der Waals surface area (Å²) in [6, 6.07) is 12.6.